The maximum Gasteiger partial charge on any atom is 0.214 e. The van der Waals surface area contributed by atoms with Gasteiger partial charge in [0.2, 0.25) is 5.16 Å². The molecule has 0 aliphatic heterocycles. The monoisotopic (exact) mass is 243 g/mol. The lowest BCUT2D eigenvalue weighted by Gasteiger charge is -1.94. The maximum atomic E-state index is 8.66. The summed E-state index contributed by atoms with van der Waals surface area (Å²) in [5.74, 6) is 1.55. The SMILES string of the molecule is N#Cc1ccc(Sc2n[nH]c(C3CC3)n2)nc1. The zero-order valence-corrected chi connectivity index (χ0v) is 9.74. The van der Waals surface area contributed by atoms with Crippen molar-refractivity contribution in [2.45, 2.75) is 28.9 Å². The van der Waals surface area contributed by atoms with Crippen LogP contribution in [0.25, 0.3) is 0 Å². The molecule has 0 saturated heterocycles. The van der Waals surface area contributed by atoms with Gasteiger partial charge in [-0.05, 0) is 36.7 Å². The third-order valence-electron chi connectivity index (χ3n) is 2.51. The first-order chi connectivity index (χ1) is 8.35. The zero-order valence-electron chi connectivity index (χ0n) is 8.92. The van der Waals surface area contributed by atoms with Crippen LogP contribution in [0.5, 0.6) is 0 Å². The summed E-state index contributed by atoms with van der Waals surface area (Å²) < 4.78 is 0. The van der Waals surface area contributed by atoms with Gasteiger partial charge in [0.05, 0.1) is 5.56 Å². The number of nitriles is 1. The van der Waals surface area contributed by atoms with Crippen molar-refractivity contribution in [3.63, 3.8) is 0 Å². The Morgan fingerprint density at radius 2 is 2.29 bits per heavy atom. The van der Waals surface area contributed by atoms with Crippen LogP contribution in [-0.2, 0) is 0 Å². The van der Waals surface area contributed by atoms with E-state index in [4.69, 9.17) is 5.26 Å². The van der Waals surface area contributed by atoms with Gasteiger partial charge in [0.15, 0.2) is 0 Å². The molecule has 0 amide bonds. The lowest BCUT2D eigenvalue weighted by atomic mass is 10.3. The second-order valence-electron chi connectivity index (χ2n) is 3.88. The van der Waals surface area contributed by atoms with Crippen molar-refractivity contribution in [2.24, 2.45) is 0 Å². The van der Waals surface area contributed by atoms with Gasteiger partial charge in [-0.1, -0.05) is 0 Å². The van der Waals surface area contributed by atoms with Crippen molar-refractivity contribution in [1.29, 1.82) is 5.26 Å². The van der Waals surface area contributed by atoms with Crippen LogP contribution in [0.3, 0.4) is 0 Å². The lowest BCUT2D eigenvalue weighted by Crippen LogP contribution is -1.83. The van der Waals surface area contributed by atoms with Crippen LogP contribution in [0.4, 0.5) is 0 Å². The highest BCUT2D eigenvalue weighted by Crippen LogP contribution is 2.38. The summed E-state index contributed by atoms with van der Waals surface area (Å²) in [7, 11) is 0. The third kappa shape index (κ3) is 2.29. The van der Waals surface area contributed by atoms with E-state index in [1.807, 2.05) is 6.07 Å². The molecule has 2 aromatic rings. The average Bonchev–Trinajstić information content (AvgIpc) is 3.12. The molecule has 0 spiro atoms. The summed E-state index contributed by atoms with van der Waals surface area (Å²) >= 11 is 1.40. The molecule has 0 unspecified atom stereocenters. The zero-order chi connectivity index (χ0) is 11.7. The van der Waals surface area contributed by atoms with E-state index in [0.717, 1.165) is 10.9 Å². The molecule has 0 bridgehead atoms. The van der Waals surface area contributed by atoms with Crippen LogP contribution in [0.15, 0.2) is 28.5 Å². The van der Waals surface area contributed by atoms with Gasteiger partial charge in [-0.25, -0.2) is 9.97 Å². The first-order valence-electron chi connectivity index (χ1n) is 5.31. The summed E-state index contributed by atoms with van der Waals surface area (Å²) in [5, 5.41) is 17.2. The van der Waals surface area contributed by atoms with Gasteiger partial charge in [-0.3, -0.25) is 5.10 Å². The van der Waals surface area contributed by atoms with Crippen LogP contribution in [0.1, 0.15) is 30.1 Å². The summed E-state index contributed by atoms with van der Waals surface area (Å²) in [4.78, 5) is 8.56. The van der Waals surface area contributed by atoms with Gasteiger partial charge < -0.3 is 0 Å². The molecule has 1 N–H and O–H groups in total. The Kier molecular flexibility index (Phi) is 2.53. The molecular weight excluding hydrogens is 234 g/mol. The molecule has 0 aromatic carbocycles. The predicted molar refractivity (Wildman–Crippen MR) is 61.4 cm³/mol. The highest BCUT2D eigenvalue weighted by molar-refractivity contribution is 7.99. The number of aromatic amines is 1. The second kappa shape index (κ2) is 4.18. The van der Waals surface area contributed by atoms with Gasteiger partial charge in [-0.2, -0.15) is 5.26 Å². The Morgan fingerprint density at radius 3 is 2.94 bits per heavy atom. The molecule has 6 heteroatoms. The fraction of sp³-hybridized carbons (Fsp3) is 0.273. The quantitative estimate of drug-likeness (QED) is 0.893. The van der Waals surface area contributed by atoms with Crippen molar-refractivity contribution < 1.29 is 0 Å². The Balaban J connectivity index is 1.74. The number of rotatable bonds is 3. The minimum absolute atomic E-state index is 0.558. The molecule has 84 valence electrons. The van der Waals surface area contributed by atoms with E-state index >= 15 is 0 Å². The van der Waals surface area contributed by atoms with Crippen LogP contribution in [0.2, 0.25) is 0 Å². The first kappa shape index (κ1) is 10.3. The molecule has 2 aromatic heterocycles. The van der Waals surface area contributed by atoms with Crippen LogP contribution in [-0.4, -0.2) is 20.2 Å². The number of nitrogens with one attached hydrogen (secondary N) is 1. The normalized spacial score (nSPS) is 14.5. The van der Waals surface area contributed by atoms with E-state index in [2.05, 4.69) is 20.2 Å². The number of hydrogen-bond donors (Lipinski definition) is 1. The van der Waals surface area contributed by atoms with Crippen molar-refractivity contribution in [2.75, 3.05) is 0 Å². The highest BCUT2D eigenvalue weighted by Gasteiger charge is 2.27. The van der Waals surface area contributed by atoms with Crippen molar-refractivity contribution in [3.05, 3.63) is 29.7 Å². The number of hydrogen-bond acceptors (Lipinski definition) is 5. The second-order valence-corrected chi connectivity index (χ2v) is 4.86. The lowest BCUT2D eigenvalue weighted by molar-refractivity contribution is 0.931. The maximum absolute atomic E-state index is 8.66. The minimum Gasteiger partial charge on any atom is -0.262 e. The Hall–Kier alpha value is -1.87. The van der Waals surface area contributed by atoms with E-state index in [1.165, 1.54) is 24.6 Å². The molecule has 1 aliphatic carbocycles. The van der Waals surface area contributed by atoms with Gasteiger partial charge in [-0.15, -0.1) is 5.10 Å². The van der Waals surface area contributed by atoms with Crippen molar-refractivity contribution >= 4 is 11.8 Å². The van der Waals surface area contributed by atoms with Crippen LogP contribution >= 0.6 is 11.8 Å². The Morgan fingerprint density at radius 1 is 1.41 bits per heavy atom. The molecule has 1 fully saturated rings. The standard InChI is InChI=1S/C11H9N5S/c12-5-7-1-4-9(13-6-7)17-11-14-10(15-16-11)8-2-3-8/h1,4,6,8H,2-3H2,(H,14,15,16). The summed E-state index contributed by atoms with van der Waals surface area (Å²) in [6.45, 7) is 0. The molecule has 2 heterocycles. The number of nitrogens with zero attached hydrogens (tertiary/aromatic N) is 4. The molecular formula is C11H9N5S. The minimum atomic E-state index is 0.558. The molecule has 0 radical (unpaired) electrons. The van der Waals surface area contributed by atoms with Gasteiger partial charge in [0.25, 0.3) is 0 Å². The summed E-state index contributed by atoms with van der Waals surface area (Å²) in [5.41, 5.74) is 0.558. The third-order valence-corrected chi connectivity index (χ3v) is 3.32. The molecule has 0 atom stereocenters. The first-order valence-corrected chi connectivity index (χ1v) is 6.13. The number of pyridine rings is 1. The summed E-state index contributed by atoms with van der Waals surface area (Å²) in [6, 6.07) is 5.58. The number of aromatic nitrogens is 4. The molecule has 1 saturated carbocycles. The Bertz CT molecular complexity index is 564. The summed E-state index contributed by atoms with van der Waals surface area (Å²) in [6.07, 6.45) is 3.96. The van der Waals surface area contributed by atoms with Crippen LogP contribution in [0, 0.1) is 11.3 Å². The molecule has 1 aliphatic rings. The van der Waals surface area contributed by atoms with E-state index in [-0.39, 0.29) is 0 Å². The van der Waals surface area contributed by atoms with E-state index in [1.54, 1.807) is 18.3 Å². The molecule has 17 heavy (non-hydrogen) atoms. The molecule has 5 nitrogen and oxygen atoms in total. The smallest absolute Gasteiger partial charge is 0.214 e. The highest BCUT2D eigenvalue weighted by atomic mass is 32.2. The van der Waals surface area contributed by atoms with Gasteiger partial charge in [0, 0.05) is 12.1 Å². The largest absolute Gasteiger partial charge is 0.262 e. The predicted octanol–water partition coefficient (Wildman–Crippen LogP) is 2.10. The average molecular weight is 243 g/mol. The molecule has 3 rings (SSSR count). The van der Waals surface area contributed by atoms with Gasteiger partial charge >= 0.3 is 0 Å². The number of H-pyrrole nitrogens is 1. The topological polar surface area (TPSA) is 78.2 Å². The van der Waals surface area contributed by atoms with Crippen molar-refractivity contribution in [1.82, 2.24) is 20.2 Å². The van der Waals surface area contributed by atoms with E-state index in [0.29, 0.717) is 16.6 Å². The van der Waals surface area contributed by atoms with Gasteiger partial charge in [0.1, 0.15) is 16.9 Å². The fourth-order valence-corrected chi connectivity index (χ4v) is 2.11. The van der Waals surface area contributed by atoms with Crippen LogP contribution < -0.4 is 0 Å². The van der Waals surface area contributed by atoms with Crippen molar-refractivity contribution in [3.8, 4) is 6.07 Å². The van der Waals surface area contributed by atoms with E-state index in [9.17, 15) is 0 Å². The Labute approximate surface area is 102 Å². The fourth-order valence-electron chi connectivity index (χ4n) is 1.44. The van der Waals surface area contributed by atoms with E-state index < -0.39 is 0 Å².